The molecule has 0 amide bonds. The molecule has 0 bridgehead atoms. The van der Waals surface area contributed by atoms with Crippen LogP contribution in [0.3, 0.4) is 0 Å². The van der Waals surface area contributed by atoms with Gasteiger partial charge in [0.2, 0.25) is 0 Å². The van der Waals surface area contributed by atoms with Gasteiger partial charge in [0.15, 0.2) is 5.11 Å². The zero-order valence-corrected chi connectivity index (χ0v) is 15.9. The van der Waals surface area contributed by atoms with Crippen LogP contribution in [-0.2, 0) is 6.54 Å². The number of thiocarbonyl (C=S) groups is 1. The van der Waals surface area contributed by atoms with E-state index in [1.807, 2.05) is 47.5 Å². The lowest BCUT2D eigenvalue weighted by Gasteiger charge is -2.27. The van der Waals surface area contributed by atoms with Crippen LogP contribution in [-0.4, -0.2) is 5.11 Å². The molecule has 132 valence electrons. The van der Waals surface area contributed by atoms with Crippen molar-refractivity contribution in [2.45, 2.75) is 20.4 Å². The highest BCUT2D eigenvalue weighted by molar-refractivity contribution is 7.80. The molecule has 0 saturated carbocycles. The van der Waals surface area contributed by atoms with E-state index in [0.29, 0.717) is 11.7 Å². The Balaban J connectivity index is 1.74. The minimum Gasteiger partial charge on any atom is -0.331 e. The molecule has 2 N–H and O–H groups in total. The lowest BCUT2D eigenvalue weighted by Crippen LogP contribution is -2.44. The minimum atomic E-state index is 0.563. The predicted molar refractivity (Wildman–Crippen MR) is 114 cm³/mol. The molecule has 0 aliphatic carbocycles. The molecule has 26 heavy (non-hydrogen) atoms. The summed E-state index contributed by atoms with van der Waals surface area (Å²) in [6, 6.07) is 26.8. The van der Waals surface area contributed by atoms with E-state index >= 15 is 0 Å². The Morgan fingerprint density at radius 1 is 0.846 bits per heavy atom. The number of para-hydroxylation sites is 1. The lowest BCUT2D eigenvalue weighted by atomic mass is 10.1. The summed E-state index contributed by atoms with van der Waals surface area (Å²) in [5.74, 6) is 0. The molecule has 0 heterocycles. The zero-order valence-electron chi connectivity index (χ0n) is 15.1. The number of hydrazine groups is 1. The molecule has 0 spiro atoms. The molecule has 3 nitrogen and oxygen atoms in total. The van der Waals surface area contributed by atoms with E-state index < -0.39 is 0 Å². The van der Waals surface area contributed by atoms with Crippen LogP contribution < -0.4 is 15.8 Å². The van der Waals surface area contributed by atoms with Gasteiger partial charge in [0.25, 0.3) is 0 Å². The quantitative estimate of drug-likeness (QED) is 0.482. The number of nitrogens with zero attached hydrogens (tertiary/aromatic N) is 1. The van der Waals surface area contributed by atoms with Gasteiger partial charge in [-0.1, -0.05) is 54.6 Å². The molecular weight excluding hydrogens is 338 g/mol. The Kier molecular flexibility index (Phi) is 5.87. The second-order valence-corrected chi connectivity index (χ2v) is 6.68. The fraction of sp³-hybridized carbons (Fsp3) is 0.136. The second-order valence-electron chi connectivity index (χ2n) is 6.27. The maximum atomic E-state index is 5.54. The number of hydrogen-bond donors (Lipinski definition) is 2. The van der Waals surface area contributed by atoms with Gasteiger partial charge in [-0.15, -0.1) is 0 Å². The van der Waals surface area contributed by atoms with E-state index in [4.69, 9.17) is 12.2 Å². The van der Waals surface area contributed by atoms with E-state index in [2.05, 4.69) is 61.0 Å². The largest absolute Gasteiger partial charge is 0.331 e. The first-order chi connectivity index (χ1) is 12.6. The fourth-order valence-electron chi connectivity index (χ4n) is 2.67. The first-order valence-electron chi connectivity index (χ1n) is 8.63. The van der Waals surface area contributed by atoms with Crippen molar-refractivity contribution in [1.29, 1.82) is 0 Å². The van der Waals surface area contributed by atoms with Crippen LogP contribution in [0.5, 0.6) is 0 Å². The van der Waals surface area contributed by atoms with E-state index in [-0.39, 0.29) is 0 Å². The maximum absolute atomic E-state index is 5.54. The maximum Gasteiger partial charge on any atom is 0.189 e. The van der Waals surface area contributed by atoms with Crippen molar-refractivity contribution in [2.75, 3.05) is 10.3 Å². The molecule has 0 saturated heterocycles. The molecule has 0 unspecified atom stereocenters. The van der Waals surface area contributed by atoms with Crippen molar-refractivity contribution < 1.29 is 0 Å². The van der Waals surface area contributed by atoms with Gasteiger partial charge in [-0.3, -0.25) is 10.4 Å². The van der Waals surface area contributed by atoms with Gasteiger partial charge < -0.3 is 5.32 Å². The molecule has 0 aromatic heterocycles. The highest BCUT2D eigenvalue weighted by atomic mass is 32.1. The summed E-state index contributed by atoms with van der Waals surface area (Å²) >= 11 is 5.54. The SMILES string of the molecule is Cc1ccc(NC(=S)NN(Cc2ccccc2)c2ccccc2)cc1C. The number of hydrogen-bond acceptors (Lipinski definition) is 2. The average molecular weight is 362 g/mol. The summed E-state index contributed by atoms with van der Waals surface area (Å²) in [5.41, 5.74) is 9.07. The molecule has 3 aromatic rings. The zero-order chi connectivity index (χ0) is 18.4. The smallest absolute Gasteiger partial charge is 0.189 e. The van der Waals surface area contributed by atoms with E-state index in [0.717, 1.165) is 11.4 Å². The normalized spacial score (nSPS) is 10.2. The van der Waals surface area contributed by atoms with Crippen LogP contribution >= 0.6 is 12.2 Å². The number of benzene rings is 3. The third-order valence-electron chi connectivity index (χ3n) is 4.25. The van der Waals surface area contributed by atoms with Gasteiger partial charge in [-0.2, -0.15) is 0 Å². The molecule has 0 aliphatic heterocycles. The molecular formula is C22H23N3S. The first-order valence-corrected chi connectivity index (χ1v) is 9.04. The molecule has 0 atom stereocenters. The van der Waals surface area contributed by atoms with E-state index in [1.165, 1.54) is 16.7 Å². The van der Waals surface area contributed by atoms with Crippen molar-refractivity contribution in [3.63, 3.8) is 0 Å². The average Bonchev–Trinajstić information content (AvgIpc) is 2.66. The van der Waals surface area contributed by atoms with E-state index in [9.17, 15) is 0 Å². The second kappa shape index (κ2) is 8.50. The summed E-state index contributed by atoms with van der Waals surface area (Å²) in [6.45, 7) is 4.91. The number of rotatable bonds is 5. The number of anilines is 2. The van der Waals surface area contributed by atoms with Crippen molar-refractivity contribution in [3.05, 3.63) is 95.6 Å². The minimum absolute atomic E-state index is 0.563. The monoisotopic (exact) mass is 361 g/mol. The Labute approximate surface area is 160 Å². The van der Waals surface area contributed by atoms with Gasteiger partial charge in [0.1, 0.15) is 0 Å². The van der Waals surface area contributed by atoms with Gasteiger partial charge in [0, 0.05) is 5.69 Å². The third-order valence-corrected chi connectivity index (χ3v) is 4.45. The topological polar surface area (TPSA) is 27.3 Å². The third kappa shape index (κ3) is 4.83. The van der Waals surface area contributed by atoms with Gasteiger partial charge in [0.05, 0.1) is 12.2 Å². The standard InChI is InChI=1S/C22H23N3S/c1-17-13-14-20(15-18(17)2)23-22(26)24-25(21-11-7-4-8-12-21)16-19-9-5-3-6-10-19/h3-15H,16H2,1-2H3,(H2,23,24,26). The van der Waals surface area contributed by atoms with Crippen LogP contribution in [0.1, 0.15) is 16.7 Å². The van der Waals surface area contributed by atoms with E-state index in [1.54, 1.807) is 0 Å². The van der Waals surface area contributed by atoms with Crippen molar-refractivity contribution in [1.82, 2.24) is 5.43 Å². The number of nitrogens with one attached hydrogen (secondary N) is 2. The van der Waals surface area contributed by atoms with Crippen LogP contribution in [0.15, 0.2) is 78.9 Å². The van der Waals surface area contributed by atoms with Gasteiger partial charge in [-0.25, -0.2) is 0 Å². The summed E-state index contributed by atoms with van der Waals surface area (Å²) in [4.78, 5) is 0. The van der Waals surface area contributed by atoms with Crippen LogP contribution in [0, 0.1) is 13.8 Å². The van der Waals surface area contributed by atoms with Gasteiger partial charge in [-0.05, 0) is 67.0 Å². The Morgan fingerprint density at radius 3 is 2.15 bits per heavy atom. The number of aryl methyl sites for hydroxylation is 2. The predicted octanol–water partition coefficient (Wildman–Crippen LogP) is 5.21. The van der Waals surface area contributed by atoms with Crippen molar-refractivity contribution >= 4 is 28.7 Å². The molecule has 0 radical (unpaired) electrons. The van der Waals surface area contributed by atoms with Crippen LogP contribution in [0.2, 0.25) is 0 Å². The summed E-state index contributed by atoms with van der Waals surface area (Å²) in [7, 11) is 0. The highest BCUT2D eigenvalue weighted by Gasteiger charge is 2.09. The van der Waals surface area contributed by atoms with Crippen LogP contribution in [0.4, 0.5) is 11.4 Å². The molecule has 3 rings (SSSR count). The Bertz CT molecular complexity index is 863. The Morgan fingerprint density at radius 2 is 1.50 bits per heavy atom. The molecule has 0 fully saturated rings. The lowest BCUT2D eigenvalue weighted by molar-refractivity contribution is 0.769. The summed E-state index contributed by atoms with van der Waals surface area (Å²) in [6.07, 6.45) is 0. The highest BCUT2D eigenvalue weighted by Crippen LogP contribution is 2.16. The molecule has 0 aliphatic rings. The Hall–Kier alpha value is -2.85. The first kappa shape index (κ1) is 18.0. The fourth-order valence-corrected chi connectivity index (χ4v) is 2.90. The van der Waals surface area contributed by atoms with Crippen molar-refractivity contribution in [3.8, 4) is 0 Å². The summed E-state index contributed by atoms with van der Waals surface area (Å²) in [5, 5.41) is 5.88. The molecule has 4 heteroatoms. The summed E-state index contributed by atoms with van der Waals surface area (Å²) < 4.78 is 0. The molecule has 3 aromatic carbocycles. The van der Waals surface area contributed by atoms with Crippen LogP contribution in [0.25, 0.3) is 0 Å². The van der Waals surface area contributed by atoms with Crippen molar-refractivity contribution in [2.24, 2.45) is 0 Å². The van der Waals surface area contributed by atoms with Gasteiger partial charge >= 0.3 is 0 Å².